The Labute approximate surface area is 163 Å². The van der Waals surface area contributed by atoms with Gasteiger partial charge < -0.3 is 15.1 Å². The van der Waals surface area contributed by atoms with Crippen molar-refractivity contribution >= 4 is 15.9 Å². The van der Waals surface area contributed by atoms with Crippen LogP contribution in [0, 0.1) is 12.7 Å². The number of furan rings is 1. The summed E-state index contributed by atoms with van der Waals surface area (Å²) in [7, 11) is -3.97. The fourth-order valence-electron chi connectivity index (χ4n) is 3.67. The Morgan fingerprint density at radius 2 is 2.00 bits per heavy atom. The van der Waals surface area contributed by atoms with Crippen LogP contribution in [0.5, 0.6) is 0 Å². The number of hydrogen-bond acceptors (Lipinski definition) is 5. The van der Waals surface area contributed by atoms with Gasteiger partial charge in [0.15, 0.2) is 0 Å². The van der Waals surface area contributed by atoms with Crippen LogP contribution in [0.15, 0.2) is 39.6 Å². The van der Waals surface area contributed by atoms with Crippen LogP contribution in [0.4, 0.5) is 4.39 Å². The number of halogens is 1. The molecule has 2 saturated heterocycles. The van der Waals surface area contributed by atoms with Gasteiger partial charge in [-0.05, 0) is 50.1 Å². The quantitative estimate of drug-likeness (QED) is 0.832. The van der Waals surface area contributed by atoms with E-state index in [4.69, 9.17) is 10.2 Å². The highest BCUT2D eigenvalue weighted by Crippen LogP contribution is 2.32. The van der Waals surface area contributed by atoms with Crippen molar-refractivity contribution in [2.45, 2.75) is 36.7 Å². The van der Waals surface area contributed by atoms with Crippen LogP contribution in [0.1, 0.15) is 18.6 Å². The number of carbonyl (C=O) groups excluding carboxylic acids is 1. The highest BCUT2D eigenvalue weighted by Gasteiger charge is 2.45. The van der Waals surface area contributed by atoms with Crippen molar-refractivity contribution in [2.75, 3.05) is 19.6 Å². The van der Waals surface area contributed by atoms with Crippen LogP contribution in [0.2, 0.25) is 0 Å². The SMILES string of the molecule is Cc1ccc(-c2ccc(S(=O)(=O)N3CC[C@H]3C(=O)N3CC[C@@H](N)C3)cc2F)o1. The van der Waals surface area contributed by atoms with Gasteiger partial charge in [0.2, 0.25) is 15.9 Å². The summed E-state index contributed by atoms with van der Waals surface area (Å²) in [4.78, 5) is 14.1. The smallest absolute Gasteiger partial charge is 0.243 e. The molecule has 2 N–H and O–H groups in total. The lowest BCUT2D eigenvalue weighted by atomic mass is 10.1. The van der Waals surface area contributed by atoms with Crippen molar-refractivity contribution in [1.82, 2.24) is 9.21 Å². The molecule has 7 nitrogen and oxygen atoms in total. The zero-order valence-corrected chi connectivity index (χ0v) is 16.3. The lowest BCUT2D eigenvalue weighted by Gasteiger charge is -2.40. The zero-order valence-electron chi connectivity index (χ0n) is 15.5. The summed E-state index contributed by atoms with van der Waals surface area (Å²) in [6, 6.07) is 6.24. The fourth-order valence-corrected chi connectivity index (χ4v) is 5.31. The summed E-state index contributed by atoms with van der Waals surface area (Å²) in [6.07, 6.45) is 1.17. The Balaban J connectivity index is 1.56. The van der Waals surface area contributed by atoms with E-state index in [0.29, 0.717) is 37.5 Å². The fraction of sp³-hybridized carbons (Fsp3) is 0.421. The van der Waals surface area contributed by atoms with E-state index in [1.165, 1.54) is 12.1 Å². The molecule has 0 spiro atoms. The lowest BCUT2D eigenvalue weighted by molar-refractivity contribution is -0.137. The number of likely N-dealkylation sites (tertiary alicyclic amines) is 1. The largest absolute Gasteiger partial charge is 0.461 e. The molecule has 4 rings (SSSR count). The molecule has 1 amide bonds. The Morgan fingerprint density at radius 3 is 2.54 bits per heavy atom. The van der Waals surface area contributed by atoms with E-state index in [-0.39, 0.29) is 29.0 Å². The van der Waals surface area contributed by atoms with Gasteiger partial charge in [-0.2, -0.15) is 4.31 Å². The maximum atomic E-state index is 14.6. The van der Waals surface area contributed by atoms with Crippen molar-refractivity contribution < 1.29 is 22.0 Å². The van der Waals surface area contributed by atoms with Crippen molar-refractivity contribution in [2.24, 2.45) is 5.73 Å². The number of aryl methyl sites for hydroxylation is 1. The summed E-state index contributed by atoms with van der Waals surface area (Å²) in [5.41, 5.74) is 6.03. The van der Waals surface area contributed by atoms with E-state index in [2.05, 4.69) is 0 Å². The number of carbonyl (C=O) groups is 1. The first-order chi connectivity index (χ1) is 13.3. The van der Waals surface area contributed by atoms with Gasteiger partial charge >= 0.3 is 0 Å². The van der Waals surface area contributed by atoms with Gasteiger partial charge in [0, 0.05) is 25.7 Å². The summed E-state index contributed by atoms with van der Waals surface area (Å²) in [5, 5.41) is 0. The molecule has 0 bridgehead atoms. The maximum Gasteiger partial charge on any atom is 0.243 e. The molecule has 2 aliphatic rings. The highest BCUT2D eigenvalue weighted by molar-refractivity contribution is 7.89. The second kappa shape index (κ2) is 6.98. The normalized spacial score (nSPS) is 23.0. The van der Waals surface area contributed by atoms with E-state index >= 15 is 0 Å². The van der Waals surface area contributed by atoms with Crippen molar-refractivity contribution in [3.63, 3.8) is 0 Å². The van der Waals surface area contributed by atoms with Gasteiger partial charge in [-0.1, -0.05) is 0 Å². The Bertz CT molecular complexity index is 1020. The van der Waals surface area contributed by atoms with Crippen LogP contribution in [-0.2, 0) is 14.8 Å². The third kappa shape index (κ3) is 3.23. The molecule has 1 aromatic heterocycles. The van der Waals surface area contributed by atoms with Crippen molar-refractivity contribution in [3.8, 4) is 11.3 Å². The first-order valence-electron chi connectivity index (χ1n) is 9.20. The third-order valence-electron chi connectivity index (χ3n) is 5.34. The average Bonchev–Trinajstić information content (AvgIpc) is 3.22. The first kappa shape index (κ1) is 19.1. The zero-order chi connectivity index (χ0) is 20.1. The predicted molar refractivity (Wildman–Crippen MR) is 100 cm³/mol. The van der Waals surface area contributed by atoms with Gasteiger partial charge in [-0.3, -0.25) is 4.79 Å². The number of nitrogens with two attached hydrogens (primary N) is 1. The molecule has 0 saturated carbocycles. The average molecular weight is 407 g/mol. The summed E-state index contributed by atoms with van der Waals surface area (Å²) in [5.74, 6) is 0.0475. The molecule has 0 aliphatic carbocycles. The van der Waals surface area contributed by atoms with Crippen LogP contribution in [0.3, 0.4) is 0 Å². The molecule has 2 fully saturated rings. The van der Waals surface area contributed by atoms with Gasteiger partial charge in [-0.25, -0.2) is 12.8 Å². The molecule has 1 aromatic carbocycles. The third-order valence-corrected chi connectivity index (χ3v) is 7.25. The first-order valence-corrected chi connectivity index (χ1v) is 10.6. The van der Waals surface area contributed by atoms with Crippen molar-refractivity contribution in [3.05, 3.63) is 41.9 Å². The van der Waals surface area contributed by atoms with E-state index in [9.17, 15) is 17.6 Å². The number of hydrogen-bond donors (Lipinski definition) is 1. The monoisotopic (exact) mass is 407 g/mol. The molecular weight excluding hydrogens is 385 g/mol. The number of nitrogens with zero attached hydrogens (tertiary/aromatic N) is 2. The van der Waals surface area contributed by atoms with E-state index in [1.807, 2.05) is 0 Å². The second-order valence-electron chi connectivity index (χ2n) is 7.31. The van der Waals surface area contributed by atoms with E-state index < -0.39 is 21.9 Å². The lowest BCUT2D eigenvalue weighted by Crippen LogP contribution is -2.58. The molecule has 9 heteroatoms. The summed E-state index contributed by atoms with van der Waals surface area (Å²) in [6.45, 7) is 2.96. The molecule has 2 atom stereocenters. The topological polar surface area (TPSA) is 96.9 Å². The molecule has 2 aromatic rings. The predicted octanol–water partition coefficient (Wildman–Crippen LogP) is 1.72. The molecule has 0 radical (unpaired) electrons. The molecule has 28 heavy (non-hydrogen) atoms. The van der Waals surface area contributed by atoms with Gasteiger partial charge in [0.25, 0.3) is 0 Å². The Morgan fingerprint density at radius 1 is 1.21 bits per heavy atom. The van der Waals surface area contributed by atoms with E-state index in [0.717, 1.165) is 10.4 Å². The minimum Gasteiger partial charge on any atom is -0.461 e. The molecule has 3 heterocycles. The Kier molecular flexibility index (Phi) is 4.76. The van der Waals surface area contributed by atoms with Crippen molar-refractivity contribution in [1.29, 1.82) is 0 Å². The second-order valence-corrected chi connectivity index (χ2v) is 9.20. The summed E-state index contributed by atoms with van der Waals surface area (Å²) < 4.78 is 47.0. The minimum atomic E-state index is -3.97. The van der Waals surface area contributed by atoms with Gasteiger partial charge in [0.05, 0.1) is 10.5 Å². The van der Waals surface area contributed by atoms with Crippen LogP contribution in [0.25, 0.3) is 11.3 Å². The molecule has 2 aliphatic heterocycles. The minimum absolute atomic E-state index is 0.0686. The number of benzene rings is 1. The van der Waals surface area contributed by atoms with Gasteiger partial charge in [0.1, 0.15) is 23.4 Å². The Hall–Kier alpha value is -2.23. The molecule has 0 unspecified atom stereocenters. The molecular formula is C19H22FN3O4S. The van der Waals surface area contributed by atoms with E-state index in [1.54, 1.807) is 24.0 Å². The highest BCUT2D eigenvalue weighted by atomic mass is 32.2. The van der Waals surface area contributed by atoms with Gasteiger partial charge in [-0.15, -0.1) is 0 Å². The van der Waals surface area contributed by atoms with Crippen LogP contribution >= 0.6 is 0 Å². The standard InChI is InChI=1S/C19H22FN3O4S/c1-12-2-5-18(27-12)15-4-3-14(10-16(15)20)28(25,26)23-9-7-17(23)19(24)22-8-6-13(21)11-22/h2-5,10,13,17H,6-9,11,21H2,1H3/t13-,17+/m1/s1. The summed E-state index contributed by atoms with van der Waals surface area (Å²) >= 11 is 0. The van der Waals surface area contributed by atoms with Crippen LogP contribution < -0.4 is 5.73 Å². The van der Waals surface area contributed by atoms with Crippen LogP contribution in [-0.4, -0.2) is 55.2 Å². The molecule has 150 valence electrons. The number of rotatable bonds is 4. The number of sulfonamides is 1. The number of amides is 1. The maximum absolute atomic E-state index is 14.6.